The van der Waals surface area contributed by atoms with Gasteiger partial charge in [-0.3, -0.25) is 9.59 Å². The lowest BCUT2D eigenvalue weighted by molar-refractivity contribution is -0.136. The summed E-state index contributed by atoms with van der Waals surface area (Å²) >= 11 is 18.5. The molecule has 0 heterocycles. The molecule has 3 aromatic rings. The van der Waals surface area contributed by atoms with Crippen LogP contribution in [0.2, 0.25) is 15.1 Å². The zero-order valence-electron chi connectivity index (χ0n) is 15.8. The van der Waals surface area contributed by atoms with Crippen LogP contribution in [0.4, 0.5) is 10.1 Å². The number of carbonyl (C=O) groups is 2. The second-order valence-corrected chi connectivity index (χ2v) is 7.50. The minimum Gasteiger partial charge on any atom is -0.480 e. The van der Waals surface area contributed by atoms with Crippen LogP contribution in [0, 0.1) is 5.82 Å². The number of carbonyl (C=O) groups excluding carboxylic acids is 1. The molecule has 0 aliphatic heterocycles. The van der Waals surface area contributed by atoms with Crippen molar-refractivity contribution in [2.24, 2.45) is 0 Å². The minimum absolute atomic E-state index is 0.0625. The molecule has 0 aliphatic rings. The number of halogens is 4. The molecule has 0 atom stereocenters. The van der Waals surface area contributed by atoms with Gasteiger partial charge in [0.25, 0.3) is 0 Å². The Balaban J connectivity index is 1.99. The summed E-state index contributed by atoms with van der Waals surface area (Å²) in [5.74, 6) is -2.70. The Bertz CT molecular complexity index is 1110. The molecule has 5 nitrogen and oxygen atoms in total. The predicted molar refractivity (Wildman–Crippen MR) is 118 cm³/mol. The normalized spacial score (nSPS) is 10.6. The van der Waals surface area contributed by atoms with E-state index in [1.807, 2.05) is 0 Å². The van der Waals surface area contributed by atoms with E-state index in [2.05, 4.69) is 0 Å². The fourth-order valence-corrected chi connectivity index (χ4v) is 3.75. The summed E-state index contributed by atoms with van der Waals surface area (Å²) in [4.78, 5) is 25.3. The lowest BCUT2D eigenvalue weighted by atomic mass is 10.1. The number of carboxylic acids is 1. The molecule has 1 amide bonds. The van der Waals surface area contributed by atoms with Crippen LogP contribution in [-0.4, -0.2) is 23.5 Å². The zero-order chi connectivity index (χ0) is 22.5. The van der Waals surface area contributed by atoms with Crippen LogP contribution < -0.4 is 9.64 Å². The molecule has 3 rings (SSSR count). The summed E-state index contributed by atoms with van der Waals surface area (Å²) in [6.07, 6.45) is -0.473. The molecule has 3 aromatic carbocycles. The Morgan fingerprint density at radius 1 is 0.903 bits per heavy atom. The highest BCUT2D eigenvalue weighted by molar-refractivity contribution is 6.41. The molecule has 31 heavy (non-hydrogen) atoms. The van der Waals surface area contributed by atoms with Crippen molar-refractivity contribution in [3.63, 3.8) is 0 Å². The van der Waals surface area contributed by atoms with Gasteiger partial charge in [0, 0.05) is 11.3 Å². The number of hydrogen-bond donors (Lipinski definition) is 1. The first-order valence-electron chi connectivity index (χ1n) is 8.94. The van der Waals surface area contributed by atoms with Crippen molar-refractivity contribution in [2.75, 3.05) is 11.4 Å². The molecule has 0 saturated carbocycles. The van der Waals surface area contributed by atoms with Gasteiger partial charge in [0.1, 0.15) is 17.3 Å². The summed E-state index contributed by atoms with van der Waals surface area (Å²) in [5.41, 5.74) is 0.296. The SMILES string of the molecule is O=C(O)CN(C(=O)Cc1c(Cl)c(F)c(Cl)c(Oc2ccccc2)c1Cl)c1ccccc1. The fourth-order valence-electron chi connectivity index (χ4n) is 2.82. The molecule has 0 aliphatic carbocycles. The number of nitrogens with zero attached hydrogens (tertiary/aromatic N) is 1. The van der Waals surface area contributed by atoms with E-state index in [1.165, 1.54) is 0 Å². The summed E-state index contributed by atoms with van der Waals surface area (Å²) in [6, 6.07) is 16.6. The van der Waals surface area contributed by atoms with Gasteiger partial charge in [-0.1, -0.05) is 71.2 Å². The third-order valence-electron chi connectivity index (χ3n) is 4.27. The molecule has 0 unspecified atom stereocenters. The molecule has 0 fully saturated rings. The number of amides is 1. The van der Waals surface area contributed by atoms with Gasteiger partial charge in [-0.15, -0.1) is 0 Å². The van der Waals surface area contributed by atoms with E-state index in [4.69, 9.17) is 39.5 Å². The highest BCUT2D eigenvalue weighted by Crippen LogP contribution is 2.44. The first kappa shape index (κ1) is 22.9. The van der Waals surface area contributed by atoms with Gasteiger partial charge in [0.2, 0.25) is 5.91 Å². The average molecular weight is 483 g/mol. The van der Waals surface area contributed by atoms with E-state index in [9.17, 15) is 19.1 Å². The summed E-state index contributed by atoms with van der Waals surface area (Å²) < 4.78 is 20.3. The molecule has 160 valence electrons. The average Bonchev–Trinajstić information content (AvgIpc) is 2.77. The van der Waals surface area contributed by atoms with E-state index in [-0.39, 0.29) is 16.3 Å². The second-order valence-electron chi connectivity index (χ2n) is 6.36. The number of aliphatic carboxylic acids is 1. The first-order valence-corrected chi connectivity index (χ1v) is 10.1. The lowest BCUT2D eigenvalue weighted by Gasteiger charge is -2.22. The maximum Gasteiger partial charge on any atom is 0.323 e. The van der Waals surface area contributed by atoms with Crippen LogP contribution in [0.1, 0.15) is 5.56 Å². The Kier molecular flexibility index (Phi) is 7.38. The van der Waals surface area contributed by atoms with Crippen LogP contribution in [-0.2, 0) is 16.0 Å². The Morgan fingerprint density at radius 2 is 1.48 bits per heavy atom. The summed E-state index contributed by atoms with van der Waals surface area (Å²) in [5, 5.41) is 8.20. The molecular weight excluding hydrogens is 468 g/mol. The number of anilines is 1. The van der Waals surface area contributed by atoms with Crippen LogP contribution in [0.3, 0.4) is 0 Å². The van der Waals surface area contributed by atoms with Gasteiger partial charge in [0.05, 0.1) is 16.5 Å². The quantitative estimate of drug-likeness (QED) is 0.320. The van der Waals surface area contributed by atoms with Crippen molar-refractivity contribution < 1.29 is 23.8 Å². The van der Waals surface area contributed by atoms with Crippen LogP contribution in [0.25, 0.3) is 0 Å². The highest BCUT2D eigenvalue weighted by Gasteiger charge is 2.27. The van der Waals surface area contributed by atoms with E-state index in [0.717, 1.165) is 4.90 Å². The smallest absolute Gasteiger partial charge is 0.323 e. The van der Waals surface area contributed by atoms with Crippen LogP contribution >= 0.6 is 34.8 Å². The van der Waals surface area contributed by atoms with Gasteiger partial charge in [-0.05, 0) is 24.3 Å². The number of hydrogen-bond acceptors (Lipinski definition) is 3. The van der Waals surface area contributed by atoms with E-state index < -0.39 is 40.7 Å². The monoisotopic (exact) mass is 481 g/mol. The molecule has 9 heteroatoms. The van der Waals surface area contributed by atoms with Crippen molar-refractivity contribution in [1.29, 1.82) is 0 Å². The fraction of sp³-hybridized carbons (Fsp3) is 0.0909. The van der Waals surface area contributed by atoms with E-state index in [0.29, 0.717) is 11.4 Å². The van der Waals surface area contributed by atoms with Crippen LogP contribution in [0.5, 0.6) is 11.5 Å². The second kappa shape index (κ2) is 10.0. The third kappa shape index (κ3) is 5.28. The van der Waals surface area contributed by atoms with Crippen molar-refractivity contribution in [1.82, 2.24) is 0 Å². The Morgan fingerprint density at radius 3 is 2.06 bits per heavy atom. The van der Waals surface area contributed by atoms with Gasteiger partial charge in [0.15, 0.2) is 11.6 Å². The Labute approximate surface area is 192 Å². The topological polar surface area (TPSA) is 66.8 Å². The molecule has 0 radical (unpaired) electrons. The van der Waals surface area contributed by atoms with Crippen molar-refractivity contribution in [2.45, 2.75) is 6.42 Å². The van der Waals surface area contributed by atoms with Gasteiger partial charge in [-0.25, -0.2) is 4.39 Å². The molecule has 0 bridgehead atoms. The maximum atomic E-state index is 14.7. The van der Waals surface area contributed by atoms with E-state index >= 15 is 0 Å². The van der Waals surface area contributed by atoms with Crippen molar-refractivity contribution >= 4 is 52.4 Å². The molecule has 1 N–H and O–H groups in total. The lowest BCUT2D eigenvalue weighted by Crippen LogP contribution is -2.36. The highest BCUT2D eigenvalue weighted by atomic mass is 35.5. The van der Waals surface area contributed by atoms with E-state index in [1.54, 1.807) is 60.7 Å². The maximum absolute atomic E-state index is 14.7. The summed E-state index contributed by atoms with van der Waals surface area (Å²) in [7, 11) is 0. The van der Waals surface area contributed by atoms with Gasteiger partial charge >= 0.3 is 5.97 Å². The summed E-state index contributed by atoms with van der Waals surface area (Å²) in [6.45, 7) is -0.596. The van der Waals surface area contributed by atoms with Crippen molar-refractivity contribution in [3.05, 3.63) is 87.1 Å². The largest absolute Gasteiger partial charge is 0.480 e. The number of carboxylic acid groups (broad SMARTS) is 1. The predicted octanol–water partition coefficient (Wildman–Crippen LogP) is 6.24. The molecule has 0 spiro atoms. The molecular formula is C22H15Cl3FNO4. The number of para-hydroxylation sites is 2. The molecule has 0 saturated heterocycles. The standard InChI is InChI=1S/C22H15Cl3FNO4/c23-18-15(11-16(28)27(12-17(29)30)13-7-3-1-4-8-13)19(24)22(20(25)21(18)26)31-14-9-5-2-6-10-14/h1-10H,11-12H2,(H,29,30). The number of rotatable bonds is 7. The van der Waals surface area contributed by atoms with Crippen molar-refractivity contribution in [3.8, 4) is 11.5 Å². The zero-order valence-corrected chi connectivity index (χ0v) is 18.1. The van der Waals surface area contributed by atoms with Gasteiger partial charge in [-0.2, -0.15) is 0 Å². The van der Waals surface area contributed by atoms with Gasteiger partial charge < -0.3 is 14.7 Å². The number of benzene rings is 3. The van der Waals surface area contributed by atoms with Crippen LogP contribution in [0.15, 0.2) is 60.7 Å². The third-order valence-corrected chi connectivity index (χ3v) is 5.40. The first-order chi connectivity index (χ1) is 14.8. The Hall–Kier alpha value is -2.80. The molecule has 0 aromatic heterocycles. The minimum atomic E-state index is -1.22. The number of ether oxygens (including phenoxy) is 1.